The third-order valence-electron chi connectivity index (χ3n) is 4.91. The Balaban J connectivity index is 0.000000429. The second kappa shape index (κ2) is 13.9. The van der Waals surface area contributed by atoms with Crippen molar-refractivity contribution in [3.8, 4) is 0 Å². The molecule has 1 atom stereocenters. The maximum atomic E-state index is 2.32. The maximum Gasteiger partial charge on any atom is 0.111 e. The average molecular weight is 562 g/mol. The maximum absolute atomic E-state index is 2.32. The zero-order valence-electron chi connectivity index (χ0n) is 17.2. The van der Waals surface area contributed by atoms with E-state index in [0.29, 0.717) is 0 Å². The minimum atomic E-state index is -1.53. The molecule has 0 heterocycles. The van der Waals surface area contributed by atoms with E-state index in [1.54, 1.807) is 0 Å². The van der Waals surface area contributed by atoms with Crippen LogP contribution < -0.4 is 55.2 Å². The summed E-state index contributed by atoms with van der Waals surface area (Å²) in [6.45, 7) is 2.32. The number of hydrogen-bond acceptors (Lipinski definition) is 0. The Morgan fingerprint density at radius 2 is 0.767 bits per heavy atom. The van der Waals surface area contributed by atoms with Crippen LogP contribution in [0.4, 0.5) is 0 Å². The van der Waals surface area contributed by atoms with Gasteiger partial charge in [0, 0.05) is 9.24 Å². The van der Waals surface area contributed by atoms with Gasteiger partial charge in [0.25, 0.3) is 0 Å². The predicted molar refractivity (Wildman–Crippen MR) is 133 cm³/mol. The van der Waals surface area contributed by atoms with Crippen molar-refractivity contribution in [2.45, 2.75) is 6.92 Å². The van der Waals surface area contributed by atoms with Crippen LogP contribution in [0.3, 0.4) is 0 Å². The molecule has 0 amide bonds. The van der Waals surface area contributed by atoms with Crippen molar-refractivity contribution in [3.05, 3.63) is 121 Å². The average Bonchev–Trinajstić information content (AvgIpc) is 2.78. The van der Waals surface area contributed by atoms with Crippen molar-refractivity contribution in [2.75, 3.05) is 6.16 Å². The smallest absolute Gasteiger partial charge is 0.111 e. The normalized spacial score (nSPS) is 10.0. The zero-order chi connectivity index (χ0) is 19.7. The van der Waals surface area contributed by atoms with Crippen molar-refractivity contribution in [1.82, 2.24) is 0 Å². The van der Waals surface area contributed by atoms with E-state index < -0.39 is 7.26 Å². The number of benzene rings is 4. The molecule has 4 heteroatoms. The molecular weight excluding hydrogens is 534 g/mol. The van der Waals surface area contributed by atoms with Crippen LogP contribution in [-0.2, 0) is 0 Å². The van der Waals surface area contributed by atoms with Gasteiger partial charge in [0.05, 0.1) is 11.5 Å². The monoisotopic (exact) mass is 560 g/mol. The van der Waals surface area contributed by atoms with E-state index >= 15 is 0 Å². The Bertz CT molecular complexity index is 851. The quantitative estimate of drug-likeness (QED) is 0.278. The first kappa shape index (κ1) is 26.7. The largest absolute Gasteiger partial charge is 1.00 e. The highest BCUT2D eigenvalue weighted by Gasteiger charge is 2.43. The van der Waals surface area contributed by atoms with E-state index in [9.17, 15) is 0 Å². The first-order valence-corrected chi connectivity index (χ1v) is 12.4. The Labute approximate surface area is 205 Å². The SMILES string of the molecule is CC[P+](c1ccccc1)(c1ccccc1)c1ccccc1.[Br-].[Br-].[PH3+]c1ccccc1. The van der Waals surface area contributed by atoms with Crippen molar-refractivity contribution in [1.29, 1.82) is 0 Å². The molecule has 4 aromatic rings. The van der Waals surface area contributed by atoms with Crippen LogP contribution >= 0.6 is 16.5 Å². The van der Waals surface area contributed by atoms with Crippen LogP contribution in [0.2, 0.25) is 0 Å². The molecule has 0 fully saturated rings. The number of hydrogen-bond donors (Lipinski definition) is 0. The molecular formula is C26H28Br2P2. The van der Waals surface area contributed by atoms with E-state index in [0.717, 1.165) is 6.16 Å². The van der Waals surface area contributed by atoms with Crippen molar-refractivity contribution in [3.63, 3.8) is 0 Å². The van der Waals surface area contributed by atoms with Crippen molar-refractivity contribution >= 4 is 37.7 Å². The first-order valence-electron chi connectivity index (χ1n) is 9.69. The summed E-state index contributed by atoms with van der Waals surface area (Å²) in [6.07, 6.45) is 1.14. The molecule has 0 radical (unpaired) electrons. The topological polar surface area (TPSA) is 0 Å². The van der Waals surface area contributed by atoms with Crippen LogP contribution in [0.15, 0.2) is 121 Å². The highest BCUT2D eigenvalue weighted by atomic mass is 79.9. The molecule has 4 aromatic carbocycles. The second-order valence-corrected chi connectivity index (χ2v) is 11.2. The van der Waals surface area contributed by atoms with Gasteiger partial charge in [-0.2, -0.15) is 0 Å². The molecule has 0 saturated carbocycles. The standard InChI is InChI=1S/C20H20P.C6H7P.2BrH/c1-2-21(18-12-6-3-7-13-18,19-14-8-4-9-15-19)20-16-10-5-11-17-20;7-6-4-2-1-3-5-6;;/h3-17H,2H2,1H3;1-5H,7H2;2*1H/q+1;;;/p-1. The van der Waals surface area contributed by atoms with Crippen LogP contribution in [-0.4, -0.2) is 6.16 Å². The molecule has 0 aliphatic carbocycles. The summed E-state index contributed by atoms with van der Waals surface area (Å²) in [5.74, 6) is 0. The van der Waals surface area contributed by atoms with Gasteiger partial charge in [0.1, 0.15) is 23.2 Å². The Kier molecular flexibility index (Phi) is 12.4. The Morgan fingerprint density at radius 3 is 0.967 bits per heavy atom. The van der Waals surface area contributed by atoms with Gasteiger partial charge in [-0.05, 0) is 55.5 Å². The Hall–Kier alpha value is -1.30. The summed E-state index contributed by atoms with van der Waals surface area (Å²) in [5, 5.41) is 5.74. The van der Waals surface area contributed by atoms with Crippen LogP contribution in [0.25, 0.3) is 0 Å². The van der Waals surface area contributed by atoms with Gasteiger partial charge in [-0.3, -0.25) is 0 Å². The summed E-state index contributed by atoms with van der Waals surface area (Å²) < 4.78 is 0. The van der Waals surface area contributed by atoms with Gasteiger partial charge >= 0.3 is 0 Å². The van der Waals surface area contributed by atoms with E-state index in [1.165, 1.54) is 21.2 Å². The molecule has 0 spiro atoms. The molecule has 1 unspecified atom stereocenters. The lowest BCUT2D eigenvalue weighted by atomic mass is 10.4. The van der Waals surface area contributed by atoms with Gasteiger partial charge in [0.15, 0.2) is 0 Å². The van der Waals surface area contributed by atoms with Crippen molar-refractivity contribution in [2.24, 2.45) is 0 Å². The zero-order valence-corrected chi connectivity index (χ0v) is 22.6. The molecule has 0 aliphatic heterocycles. The molecule has 30 heavy (non-hydrogen) atoms. The molecule has 0 N–H and O–H groups in total. The molecule has 156 valence electrons. The summed E-state index contributed by atoms with van der Waals surface area (Å²) in [5.41, 5.74) is 0. The highest BCUT2D eigenvalue weighted by Crippen LogP contribution is 2.54. The summed E-state index contributed by atoms with van der Waals surface area (Å²) in [4.78, 5) is 0. The van der Waals surface area contributed by atoms with Gasteiger partial charge in [-0.15, -0.1) is 0 Å². The van der Waals surface area contributed by atoms with Crippen LogP contribution in [0.5, 0.6) is 0 Å². The summed E-state index contributed by atoms with van der Waals surface area (Å²) >= 11 is 0. The molecule has 0 saturated heterocycles. The van der Waals surface area contributed by atoms with Crippen LogP contribution in [0.1, 0.15) is 6.92 Å². The van der Waals surface area contributed by atoms with Gasteiger partial charge in [0.2, 0.25) is 0 Å². The molecule has 0 nitrogen and oxygen atoms in total. The summed E-state index contributed by atoms with van der Waals surface area (Å²) in [6, 6.07) is 43.3. The fraction of sp³-hybridized carbons (Fsp3) is 0.0769. The van der Waals surface area contributed by atoms with Gasteiger partial charge in [-0.25, -0.2) is 0 Å². The van der Waals surface area contributed by atoms with E-state index in [1.807, 2.05) is 27.4 Å². The molecule has 0 aliphatic rings. The van der Waals surface area contributed by atoms with E-state index in [2.05, 4.69) is 110 Å². The van der Waals surface area contributed by atoms with E-state index in [4.69, 9.17) is 0 Å². The predicted octanol–water partition coefficient (Wildman–Crippen LogP) is -1.07. The lowest BCUT2D eigenvalue weighted by molar-refractivity contribution is -0.00100. The lowest BCUT2D eigenvalue weighted by Crippen LogP contribution is -3.00. The third-order valence-corrected chi connectivity index (χ3v) is 9.87. The molecule has 4 rings (SSSR count). The van der Waals surface area contributed by atoms with Crippen LogP contribution in [0, 0.1) is 0 Å². The van der Waals surface area contributed by atoms with Gasteiger partial charge < -0.3 is 34.0 Å². The number of rotatable bonds is 4. The highest BCUT2D eigenvalue weighted by molar-refractivity contribution is 7.95. The van der Waals surface area contributed by atoms with Gasteiger partial charge in [-0.1, -0.05) is 72.8 Å². The molecule has 0 bridgehead atoms. The summed E-state index contributed by atoms with van der Waals surface area (Å²) in [7, 11) is 0.367. The minimum absolute atomic E-state index is 0. The first-order chi connectivity index (χ1) is 13.8. The Morgan fingerprint density at radius 1 is 0.500 bits per heavy atom. The number of halogens is 2. The lowest BCUT2D eigenvalue weighted by Gasteiger charge is -2.26. The van der Waals surface area contributed by atoms with Crippen molar-refractivity contribution < 1.29 is 34.0 Å². The molecule has 0 aromatic heterocycles. The fourth-order valence-corrected chi connectivity index (χ4v) is 7.83. The third kappa shape index (κ3) is 6.60. The second-order valence-electron chi connectivity index (χ2n) is 6.62. The minimum Gasteiger partial charge on any atom is -1.00 e. The fourth-order valence-electron chi connectivity index (χ4n) is 3.52. The van der Waals surface area contributed by atoms with E-state index in [-0.39, 0.29) is 34.0 Å².